The molecule has 0 heterocycles. The summed E-state index contributed by atoms with van der Waals surface area (Å²) < 4.78 is 5.00. The van der Waals surface area contributed by atoms with Crippen LogP contribution in [0.15, 0.2) is 36.5 Å². The molecule has 0 aliphatic rings. The zero-order valence-electron chi connectivity index (χ0n) is 16.8. The van der Waals surface area contributed by atoms with Gasteiger partial charge in [0, 0.05) is 37.9 Å². The fraction of sp³-hybridized carbons (Fsp3) is 0.500. The number of carboxylic acid groups (broad SMARTS) is 2. The summed E-state index contributed by atoms with van der Waals surface area (Å²) in [6, 6.07) is 0. The van der Waals surface area contributed by atoms with Gasteiger partial charge in [0.05, 0.1) is 13.2 Å². The normalized spacial score (nSPS) is 11.8. The SMILES string of the molecule is O=C(O)C=CCOOCCN(CCOOCC=CC(=O)O)CCOC(=O)C=CCOO. The number of rotatable bonds is 20. The topological polar surface area (TPSA) is 171 Å². The van der Waals surface area contributed by atoms with E-state index in [4.69, 9.17) is 39.8 Å². The third-order valence-corrected chi connectivity index (χ3v) is 3.07. The first kappa shape index (κ1) is 28.4. The lowest BCUT2D eigenvalue weighted by Crippen LogP contribution is -2.34. The molecule has 0 fully saturated rings. The third kappa shape index (κ3) is 21.9. The molecule has 0 atom stereocenters. The minimum Gasteiger partial charge on any atom is -0.478 e. The van der Waals surface area contributed by atoms with Gasteiger partial charge in [0.2, 0.25) is 0 Å². The van der Waals surface area contributed by atoms with Crippen molar-refractivity contribution in [1.82, 2.24) is 4.90 Å². The maximum absolute atomic E-state index is 11.5. The molecule has 3 N–H and O–H groups in total. The van der Waals surface area contributed by atoms with Crippen LogP contribution >= 0.6 is 0 Å². The van der Waals surface area contributed by atoms with Crippen molar-refractivity contribution >= 4 is 17.9 Å². The van der Waals surface area contributed by atoms with Gasteiger partial charge in [0.1, 0.15) is 26.4 Å². The summed E-state index contributed by atoms with van der Waals surface area (Å²) in [5.74, 6) is -2.79. The van der Waals surface area contributed by atoms with Crippen LogP contribution in [0, 0.1) is 0 Å². The summed E-state index contributed by atoms with van der Waals surface area (Å²) in [6.45, 7) is 1.22. The van der Waals surface area contributed by atoms with Gasteiger partial charge in [0.25, 0.3) is 0 Å². The predicted octanol–water partition coefficient (Wildman–Crippen LogP) is 0.0554. The summed E-state index contributed by atoms with van der Waals surface area (Å²) in [5, 5.41) is 25.1. The summed E-state index contributed by atoms with van der Waals surface area (Å²) in [5.41, 5.74) is 0. The van der Waals surface area contributed by atoms with E-state index >= 15 is 0 Å². The second-order valence-corrected chi connectivity index (χ2v) is 5.40. The lowest BCUT2D eigenvalue weighted by Gasteiger charge is -2.21. The van der Waals surface area contributed by atoms with Crippen molar-refractivity contribution in [3.8, 4) is 0 Å². The largest absolute Gasteiger partial charge is 0.478 e. The van der Waals surface area contributed by atoms with Gasteiger partial charge in [-0.25, -0.2) is 38.8 Å². The average Bonchev–Trinajstić information content (AvgIpc) is 2.71. The number of aliphatic carboxylic acids is 2. The number of carbonyl (C=O) groups is 3. The van der Waals surface area contributed by atoms with E-state index < -0.39 is 17.9 Å². The van der Waals surface area contributed by atoms with Crippen LogP contribution in [0.3, 0.4) is 0 Å². The van der Waals surface area contributed by atoms with E-state index in [0.29, 0.717) is 19.6 Å². The fourth-order valence-electron chi connectivity index (χ4n) is 1.77. The molecule has 0 aromatic carbocycles. The zero-order chi connectivity index (χ0) is 23.2. The Morgan fingerprint density at radius 2 is 1.16 bits per heavy atom. The Labute approximate surface area is 178 Å². The lowest BCUT2D eigenvalue weighted by molar-refractivity contribution is -0.293. The molecule has 0 aromatic heterocycles. The second kappa shape index (κ2) is 20.6. The van der Waals surface area contributed by atoms with Gasteiger partial charge in [-0.15, -0.1) is 0 Å². The van der Waals surface area contributed by atoms with Crippen molar-refractivity contribution in [3.05, 3.63) is 36.5 Å². The zero-order valence-corrected chi connectivity index (χ0v) is 16.8. The van der Waals surface area contributed by atoms with Crippen LogP contribution < -0.4 is 0 Å². The molecule has 0 radical (unpaired) electrons. The molecule has 176 valence electrons. The Morgan fingerprint density at radius 3 is 1.65 bits per heavy atom. The Hall–Kier alpha value is -2.65. The molecule has 13 heteroatoms. The molecule has 0 bridgehead atoms. The Morgan fingerprint density at radius 1 is 0.677 bits per heavy atom. The molecule has 13 nitrogen and oxygen atoms in total. The number of ether oxygens (including phenoxy) is 1. The molecule has 0 saturated heterocycles. The van der Waals surface area contributed by atoms with Crippen LogP contribution in [0.4, 0.5) is 0 Å². The summed E-state index contributed by atoms with van der Waals surface area (Å²) in [4.78, 5) is 57.2. The molecule has 0 aliphatic heterocycles. The first-order chi connectivity index (χ1) is 15.0. The van der Waals surface area contributed by atoms with E-state index in [1.54, 1.807) is 0 Å². The molecular formula is C18H27NO12. The maximum Gasteiger partial charge on any atom is 0.330 e. The van der Waals surface area contributed by atoms with E-state index in [0.717, 1.165) is 18.2 Å². The van der Waals surface area contributed by atoms with Gasteiger partial charge in [-0.1, -0.05) is 0 Å². The molecular weight excluding hydrogens is 422 g/mol. The molecule has 31 heavy (non-hydrogen) atoms. The van der Waals surface area contributed by atoms with Gasteiger partial charge in [0.15, 0.2) is 0 Å². The van der Waals surface area contributed by atoms with E-state index in [-0.39, 0.29) is 39.6 Å². The highest BCUT2D eigenvalue weighted by atomic mass is 17.2. The average molecular weight is 449 g/mol. The van der Waals surface area contributed by atoms with Gasteiger partial charge >= 0.3 is 17.9 Å². The van der Waals surface area contributed by atoms with Gasteiger partial charge in [-0.3, -0.25) is 10.2 Å². The van der Waals surface area contributed by atoms with E-state index in [2.05, 4.69) is 4.89 Å². The number of nitrogens with zero attached hydrogens (tertiary/aromatic N) is 1. The van der Waals surface area contributed by atoms with Crippen LogP contribution in [-0.4, -0.2) is 97.6 Å². The summed E-state index contributed by atoms with van der Waals surface area (Å²) in [6.07, 6.45) is 6.80. The summed E-state index contributed by atoms with van der Waals surface area (Å²) >= 11 is 0. The quantitative estimate of drug-likeness (QED) is 0.0750. The van der Waals surface area contributed by atoms with Crippen LogP contribution in [0.5, 0.6) is 0 Å². The molecule has 0 unspecified atom stereocenters. The van der Waals surface area contributed by atoms with Crippen molar-refractivity contribution in [2.75, 3.05) is 59.3 Å². The number of esters is 1. The molecule has 0 aliphatic carbocycles. The van der Waals surface area contributed by atoms with Crippen molar-refractivity contribution in [2.45, 2.75) is 0 Å². The number of carbonyl (C=O) groups excluding carboxylic acids is 1. The molecule has 0 amide bonds. The van der Waals surface area contributed by atoms with E-state index in [1.165, 1.54) is 18.2 Å². The minimum atomic E-state index is -1.09. The number of carboxylic acids is 2. The second-order valence-electron chi connectivity index (χ2n) is 5.40. The Balaban J connectivity index is 4.20. The Kier molecular flexibility index (Phi) is 18.9. The van der Waals surface area contributed by atoms with Gasteiger partial charge in [-0.2, -0.15) is 0 Å². The fourth-order valence-corrected chi connectivity index (χ4v) is 1.77. The smallest absolute Gasteiger partial charge is 0.330 e. The molecule has 0 saturated carbocycles. The number of hydrogen-bond donors (Lipinski definition) is 3. The highest BCUT2D eigenvalue weighted by Gasteiger charge is 2.07. The molecule has 0 rings (SSSR count). The maximum atomic E-state index is 11.5. The predicted molar refractivity (Wildman–Crippen MR) is 102 cm³/mol. The molecule has 0 spiro atoms. The standard InChI is InChI=1S/C18H27NO12/c20-16(21)4-1-11-28-30-14-8-19(7-13-26-18(24)6-3-10-27-25)9-15-31-29-12-2-5-17(22)23/h1-6,25H,7-15H2,(H,20,21)(H,22,23). The minimum absolute atomic E-state index is 0.0331. The lowest BCUT2D eigenvalue weighted by atomic mass is 10.4. The first-order valence-electron chi connectivity index (χ1n) is 9.05. The van der Waals surface area contributed by atoms with E-state index in [9.17, 15) is 14.4 Å². The van der Waals surface area contributed by atoms with Crippen LogP contribution in [-0.2, 0) is 43.6 Å². The van der Waals surface area contributed by atoms with Crippen LogP contribution in [0.25, 0.3) is 0 Å². The summed E-state index contributed by atoms with van der Waals surface area (Å²) in [7, 11) is 0. The van der Waals surface area contributed by atoms with Crippen molar-refractivity contribution in [2.24, 2.45) is 0 Å². The van der Waals surface area contributed by atoms with Crippen LogP contribution in [0.2, 0.25) is 0 Å². The highest BCUT2D eigenvalue weighted by Crippen LogP contribution is 1.94. The monoisotopic (exact) mass is 449 g/mol. The first-order valence-corrected chi connectivity index (χ1v) is 9.05. The van der Waals surface area contributed by atoms with Crippen LogP contribution in [0.1, 0.15) is 0 Å². The van der Waals surface area contributed by atoms with Crippen molar-refractivity contribution < 1.29 is 59.0 Å². The number of hydrogen-bond acceptors (Lipinski definition) is 11. The van der Waals surface area contributed by atoms with Crippen molar-refractivity contribution in [3.63, 3.8) is 0 Å². The van der Waals surface area contributed by atoms with E-state index in [1.807, 2.05) is 4.90 Å². The Bertz CT molecular complexity index is 556. The van der Waals surface area contributed by atoms with Crippen molar-refractivity contribution in [1.29, 1.82) is 0 Å². The highest BCUT2D eigenvalue weighted by molar-refractivity contribution is 5.81. The van der Waals surface area contributed by atoms with Gasteiger partial charge in [-0.05, 0) is 18.2 Å². The molecule has 0 aromatic rings. The third-order valence-electron chi connectivity index (χ3n) is 3.07. The van der Waals surface area contributed by atoms with Gasteiger partial charge < -0.3 is 14.9 Å².